The molecule has 0 spiro atoms. The average molecular weight is 563 g/mol. The molecule has 3 heterocycles. The molecule has 206 valence electrons. The largest absolute Gasteiger partial charge is 0.507 e. The number of anilines is 1. The lowest BCUT2D eigenvalue weighted by molar-refractivity contribution is -0.132. The lowest BCUT2D eigenvalue weighted by Crippen LogP contribution is -2.29. The molecule has 0 bridgehead atoms. The Morgan fingerprint density at radius 1 is 1.12 bits per heavy atom. The molecule has 2 aliphatic rings. The van der Waals surface area contributed by atoms with Crippen LogP contribution in [0.1, 0.15) is 62.3 Å². The first-order valence-electron chi connectivity index (χ1n) is 12.6. The number of carbonyl (C=O) groups excluding carboxylic acids is 4. The molecule has 5 rings (SSSR count). The SMILES string of the molecule is CCOC(=O)c1sc(N2C(=O)C(=O)/C(=C(/O)c3ccc4c(c3)C[C@@H](C)O4)[C@@H]2c2ccc(C(=O)OC)cc2)nc1C. The van der Waals surface area contributed by atoms with Gasteiger partial charge in [0.2, 0.25) is 0 Å². The number of hydrogen-bond donors (Lipinski definition) is 1. The average Bonchev–Trinajstić information content (AvgIpc) is 3.59. The predicted octanol–water partition coefficient (Wildman–Crippen LogP) is 4.36. The fraction of sp³-hybridized carbons (Fsp3) is 0.276. The zero-order valence-electron chi connectivity index (χ0n) is 22.2. The number of carbonyl (C=O) groups is 4. The van der Waals surface area contributed by atoms with Gasteiger partial charge in [-0.3, -0.25) is 14.5 Å². The van der Waals surface area contributed by atoms with Crippen LogP contribution in [0.15, 0.2) is 48.0 Å². The van der Waals surface area contributed by atoms with E-state index in [1.807, 2.05) is 6.92 Å². The number of aryl methyl sites for hydroxylation is 1. The predicted molar refractivity (Wildman–Crippen MR) is 146 cm³/mol. The molecule has 1 aromatic heterocycles. The van der Waals surface area contributed by atoms with Crippen molar-refractivity contribution in [1.82, 2.24) is 4.98 Å². The van der Waals surface area contributed by atoms with Gasteiger partial charge in [0.25, 0.3) is 5.78 Å². The van der Waals surface area contributed by atoms with Crippen LogP contribution in [0.4, 0.5) is 5.13 Å². The van der Waals surface area contributed by atoms with E-state index in [2.05, 4.69) is 4.98 Å². The molecule has 10 nitrogen and oxygen atoms in total. The second-order valence-electron chi connectivity index (χ2n) is 9.37. The summed E-state index contributed by atoms with van der Waals surface area (Å²) in [5.41, 5.74) is 2.14. The number of aliphatic hydroxyl groups excluding tert-OH is 1. The number of aliphatic hydroxyl groups is 1. The molecule has 1 N–H and O–H groups in total. The molecule has 0 unspecified atom stereocenters. The molecule has 0 radical (unpaired) electrons. The Kier molecular flexibility index (Phi) is 7.16. The number of rotatable bonds is 6. The third kappa shape index (κ3) is 4.62. The number of ether oxygens (including phenoxy) is 3. The molecular formula is C29H26N2O8S. The molecule has 2 aliphatic heterocycles. The van der Waals surface area contributed by atoms with Crippen molar-refractivity contribution in [3.05, 3.63) is 80.9 Å². The van der Waals surface area contributed by atoms with Crippen LogP contribution in [0.25, 0.3) is 5.76 Å². The normalized spacial score (nSPS) is 19.4. The highest BCUT2D eigenvalue weighted by Crippen LogP contribution is 2.44. The van der Waals surface area contributed by atoms with E-state index in [9.17, 15) is 24.3 Å². The summed E-state index contributed by atoms with van der Waals surface area (Å²) in [4.78, 5) is 57.3. The number of nitrogens with zero attached hydrogens (tertiary/aromatic N) is 2. The van der Waals surface area contributed by atoms with Gasteiger partial charge in [0.1, 0.15) is 22.5 Å². The summed E-state index contributed by atoms with van der Waals surface area (Å²) in [6, 6.07) is 10.2. The quantitative estimate of drug-likeness (QED) is 0.201. The molecule has 2 atom stereocenters. The maximum atomic E-state index is 13.5. The van der Waals surface area contributed by atoms with Crippen molar-refractivity contribution in [2.45, 2.75) is 39.3 Å². The van der Waals surface area contributed by atoms with Crippen molar-refractivity contribution in [3.8, 4) is 5.75 Å². The maximum absolute atomic E-state index is 13.5. The van der Waals surface area contributed by atoms with Gasteiger partial charge in [0, 0.05) is 12.0 Å². The number of Topliss-reactive ketones (excluding diaryl/α,β-unsaturated/α-hetero) is 1. The van der Waals surface area contributed by atoms with Crippen LogP contribution >= 0.6 is 11.3 Å². The van der Waals surface area contributed by atoms with Crippen LogP contribution < -0.4 is 9.64 Å². The van der Waals surface area contributed by atoms with Crippen LogP contribution in [0.2, 0.25) is 0 Å². The molecular weight excluding hydrogens is 536 g/mol. The summed E-state index contributed by atoms with van der Waals surface area (Å²) in [6.45, 7) is 5.38. The molecule has 11 heteroatoms. The van der Waals surface area contributed by atoms with Crippen LogP contribution in [-0.2, 0) is 25.5 Å². The van der Waals surface area contributed by atoms with Gasteiger partial charge >= 0.3 is 17.8 Å². The van der Waals surface area contributed by atoms with Crippen molar-refractivity contribution < 1.29 is 38.5 Å². The number of aromatic nitrogens is 1. The Hall–Kier alpha value is -4.51. The molecule has 1 amide bonds. The first-order chi connectivity index (χ1) is 19.1. The van der Waals surface area contributed by atoms with Gasteiger partial charge < -0.3 is 19.3 Å². The topological polar surface area (TPSA) is 132 Å². The number of methoxy groups -OCH3 is 1. The number of ketones is 1. The second kappa shape index (κ2) is 10.6. The van der Waals surface area contributed by atoms with E-state index in [0.717, 1.165) is 16.9 Å². The minimum atomic E-state index is -1.09. The van der Waals surface area contributed by atoms with Gasteiger partial charge in [0.15, 0.2) is 5.13 Å². The third-order valence-corrected chi connectivity index (χ3v) is 7.85. The maximum Gasteiger partial charge on any atom is 0.350 e. The Morgan fingerprint density at radius 2 is 1.82 bits per heavy atom. The highest BCUT2D eigenvalue weighted by Gasteiger charge is 2.48. The number of hydrogen-bond acceptors (Lipinski definition) is 10. The zero-order valence-corrected chi connectivity index (χ0v) is 23.0. The highest BCUT2D eigenvalue weighted by molar-refractivity contribution is 7.17. The smallest absolute Gasteiger partial charge is 0.350 e. The summed E-state index contributed by atoms with van der Waals surface area (Å²) in [5, 5.41) is 11.6. The number of esters is 2. The molecule has 2 aromatic carbocycles. The monoisotopic (exact) mass is 562 g/mol. The van der Waals surface area contributed by atoms with Gasteiger partial charge in [-0.05, 0) is 62.2 Å². The van der Waals surface area contributed by atoms with E-state index in [1.165, 1.54) is 24.1 Å². The summed E-state index contributed by atoms with van der Waals surface area (Å²) in [7, 11) is 1.26. The van der Waals surface area contributed by atoms with Crippen molar-refractivity contribution >= 4 is 45.9 Å². The Bertz CT molecular complexity index is 1570. The standard InChI is InChI=1S/C29H26N2O8S/c1-5-38-28(36)25-15(3)30-29(40-25)31-22(16-6-8-17(9-7-16)27(35)37-4)21(24(33)26(31)34)23(32)18-10-11-20-19(13-18)12-14(2)39-20/h6-11,13-14,22,32H,5,12H2,1-4H3/b23-21+/t14-,22+/m1/s1. The van der Waals surface area contributed by atoms with Crippen LogP contribution in [0.5, 0.6) is 5.75 Å². The van der Waals surface area contributed by atoms with Crippen LogP contribution in [-0.4, -0.2) is 53.5 Å². The van der Waals surface area contributed by atoms with Gasteiger partial charge in [-0.15, -0.1) is 0 Å². The summed E-state index contributed by atoms with van der Waals surface area (Å²) >= 11 is 0.919. The molecule has 3 aromatic rings. The van der Waals surface area contributed by atoms with Crippen molar-refractivity contribution in [2.24, 2.45) is 0 Å². The highest BCUT2D eigenvalue weighted by atomic mass is 32.1. The number of amides is 1. The van der Waals surface area contributed by atoms with Crippen molar-refractivity contribution in [1.29, 1.82) is 0 Å². The fourth-order valence-corrected chi connectivity index (χ4v) is 5.85. The molecule has 0 saturated carbocycles. The van der Waals surface area contributed by atoms with Gasteiger partial charge in [-0.25, -0.2) is 14.6 Å². The van der Waals surface area contributed by atoms with E-state index in [-0.39, 0.29) is 39.6 Å². The minimum Gasteiger partial charge on any atom is -0.507 e. The lowest BCUT2D eigenvalue weighted by Gasteiger charge is -2.23. The Morgan fingerprint density at radius 3 is 2.50 bits per heavy atom. The minimum absolute atomic E-state index is 0.0203. The van der Waals surface area contributed by atoms with Gasteiger partial charge in [-0.1, -0.05) is 23.5 Å². The van der Waals surface area contributed by atoms with E-state index in [1.54, 1.807) is 44.2 Å². The molecule has 40 heavy (non-hydrogen) atoms. The Balaban J connectivity index is 1.66. The van der Waals surface area contributed by atoms with Crippen LogP contribution in [0.3, 0.4) is 0 Å². The number of fused-ring (bicyclic) bond motifs is 1. The molecule has 0 aliphatic carbocycles. The van der Waals surface area contributed by atoms with E-state index < -0.39 is 29.7 Å². The fourth-order valence-electron chi connectivity index (χ4n) is 4.86. The first kappa shape index (κ1) is 27.1. The summed E-state index contributed by atoms with van der Waals surface area (Å²) < 4.78 is 15.6. The van der Waals surface area contributed by atoms with E-state index >= 15 is 0 Å². The van der Waals surface area contributed by atoms with Crippen molar-refractivity contribution in [2.75, 3.05) is 18.6 Å². The second-order valence-corrected chi connectivity index (χ2v) is 10.3. The third-order valence-electron chi connectivity index (χ3n) is 6.71. The Labute approximate surface area is 233 Å². The summed E-state index contributed by atoms with van der Waals surface area (Å²) in [6.07, 6.45) is 0.617. The van der Waals surface area contributed by atoms with E-state index in [0.29, 0.717) is 29.0 Å². The summed E-state index contributed by atoms with van der Waals surface area (Å²) in [5.74, 6) is -2.62. The first-order valence-corrected chi connectivity index (χ1v) is 13.4. The molecule has 1 saturated heterocycles. The van der Waals surface area contributed by atoms with Crippen molar-refractivity contribution in [3.63, 3.8) is 0 Å². The number of thiazole rings is 1. The van der Waals surface area contributed by atoms with Crippen LogP contribution in [0, 0.1) is 6.92 Å². The number of benzene rings is 2. The van der Waals surface area contributed by atoms with E-state index in [4.69, 9.17) is 14.2 Å². The van der Waals surface area contributed by atoms with Gasteiger partial charge in [-0.2, -0.15) is 0 Å². The van der Waals surface area contributed by atoms with Gasteiger partial charge in [0.05, 0.1) is 36.6 Å². The lowest BCUT2D eigenvalue weighted by atomic mass is 9.94. The molecule has 1 fully saturated rings. The zero-order chi connectivity index (χ0) is 28.7.